The van der Waals surface area contributed by atoms with Gasteiger partial charge in [-0.3, -0.25) is 4.99 Å². The SMILES string of the molecule is CN=C(NCCc1ccc(F)cc1)NCC(C)(C)NC(=O)OC(C)(C)C. The van der Waals surface area contributed by atoms with Gasteiger partial charge in [0.2, 0.25) is 0 Å². The Kier molecular flexibility index (Phi) is 7.86. The summed E-state index contributed by atoms with van der Waals surface area (Å²) in [6.07, 6.45) is 0.295. The number of carbonyl (C=O) groups excluding carboxylic acids is 1. The third-order valence-electron chi connectivity index (χ3n) is 3.38. The number of nitrogens with one attached hydrogen (secondary N) is 3. The number of guanidine groups is 1. The van der Waals surface area contributed by atoms with Gasteiger partial charge in [-0.1, -0.05) is 12.1 Å². The molecule has 0 saturated carbocycles. The van der Waals surface area contributed by atoms with E-state index in [2.05, 4.69) is 20.9 Å². The van der Waals surface area contributed by atoms with Crippen LogP contribution in [0.1, 0.15) is 40.2 Å². The molecule has 0 heterocycles. The first-order chi connectivity index (χ1) is 12.0. The molecule has 0 aliphatic rings. The average Bonchev–Trinajstić information content (AvgIpc) is 2.50. The topological polar surface area (TPSA) is 74.8 Å². The van der Waals surface area contributed by atoms with Gasteiger partial charge in [-0.15, -0.1) is 0 Å². The van der Waals surface area contributed by atoms with Crippen LogP contribution in [0.25, 0.3) is 0 Å². The molecule has 0 saturated heterocycles. The molecule has 146 valence electrons. The van der Waals surface area contributed by atoms with Gasteiger partial charge < -0.3 is 20.7 Å². The number of hydrogen-bond donors (Lipinski definition) is 3. The van der Waals surface area contributed by atoms with Crippen molar-refractivity contribution in [3.8, 4) is 0 Å². The third-order valence-corrected chi connectivity index (χ3v) is 3.38. The van der Waals surface area contributed by atoms with E-state index in [1.54, 1.807) is 19.2 Å². The summed E-state index contributed by atoms with van der Waals surface area (Å²) in [6, 6.07) is 6.43. The van der Waals surface area contributed by atoms with E-state index in [0.717, 1.165) is 12.0 Å². The van der Waals surface area contributed by atoms with Gasteiger partial charge in [0.15, 0.2) is 5.96 Å². The second-order valence-corrected chi connectivity index (χ2v) is 7.74. The Balaban J connectivity index is 2.40. The zero-order valence-electron chi connectivity index (χ0n) is 16.6. The van der Waals surface area contributed by atoms with Gasteiger partial charge in [-0.25, -0.2) is 9.18 Å². The van der Waals surface area contributed by atoms with Crippen molar-refractivity contribution in [3.05, 3.63) is 35.6 Å². The summed E-state index contributed by atoms with van der Waals surface area (Å²) in [4.78, 5) is 16.1. The van der Waals surface area contributed by atoms with Gasteiger partial charge in [0.1, 0.15) is 11.4 Å². The molecule has 0 aromatic heterocycles. The molecule has 0 aliphatic heterocycles. The molecule has 1 aromatic rings. The Morgan fingerprint density at radius 1 is 1.12 bits per heavy atom. The maximum absolute atomic E-state index is 12.9. The lowest BCUT2D eigenvalue weighted by molar-refractivity contribution is 0.0474. The highest BCUT2D eigenvalue weighted by atomic mass is 19.1. The zero-order valence-corrected chi connectivity index (χ0v) is 16.6. The van der Waals surface area contributed by atoms with Crippen LogP contribution in [0.3, 0.4) is 0 Å². The highest BCUT2D eigenvalue weighted by molar-refractivity contribution is 5.79. The molecular weight excluding hydrogens is 335 g/mol. The van der Waals surface area contributed by atoms with E-state index >= 15 is 0 Å². The maximum Gasteiger partial charge on any atom is 0.408 e. The van der Waals surface area contributed by atoms with Gasteiger partial charge in [0, 0.05) is 20.1 Å². The van der Waals surface area contributed by atoms with Crippen molar-refractivity contribution in [2.75, 3.05) is 20.1 Å². The zero-order chi connectivity index (χ0) is 19.8. The fourth-order valence-corrected chi connectivity index (χ4v) is 2.13. The van der Waals surface area contributed by atoms with E-state index in [1.807, 2.05) is 34.6 Å². The molecule has 0 aliphatic carbocycles. The lowest BCUT2D eigenvalue weighted by Gasteiger charge is -2.29. The van der Waals surface area contributed by atoms with Crippen LogP contribution in [0.15, 0.2) is 29.3 Å². The Morgan fingerprint density at radius 2 is 1.73 bits per heavy atom. The van der Waals surface area contributed by atoms with Crippen LogP contribution in [0.4, 0.5) is 9.18 Å². The summed E-state index contributed by atoms with van der Waals surface area (Å²) in [6.45, 7) is 10.4. The van der Waals surface area contributed by atoms with Crippen LogP contribution in [0.2, 0.25) is 0 Å². The van der Waals surface area contributed by atoms with Crippen molar-refractivity contribution in [1.82, 2.24) is 16.0 Å². The van der Waals surface area contributed by atoms with E-state index in [1.165, 1.54) is 12.1 Å². The van der Waals surface area contributed by atoms with Gasteiger partial charge in [-0.2, -0.15) is 0 Å². The number of amides is 1. The highest BCUT2D eigenvalue weighted by Gasteiger charge is 2.24. The van der Waals surface area contributed by atoms with E-state index in [0.29, 0.717) is 19.0 Å². The number of ether oxygens (including phenoxy) is 1. The number of benzene rings is 1. The largest absolute Gasteiger partial charge is 0.444 e. The average molecular weight is 366 g/mol. The van der Waals surface area contributed by atoms with Crippen LogP contribution in [0, 0.1) is 5.82 Å². The lowest BCUT2D eigenvalue weighted by Crippen LogP contribution is -2.54. The maximum atomic E-state index is 12.9. The van der Waals surface area contributed by atoms with E-state index < -0.39 is 17.2 Å². The lowest BCUT2D eigenvalue weighted by atomic mass is 10.1. The standard InChI is InChI=1S/C19H31FN4O2/c1-18(2,3)26-17(25)24-19(4,5)13-23-16(21-6)22-12-11-14-7-9-15(20)10-8-14/h7-10H,11-13H2,1-6H3,(H,24,25)(H2,21,22,23). The second-order valence-electron chi connectivity index (χ2n) is 7.74. The molecule has 0 radical (unpaired) electrons. The molecule has 26 heavy (non-hydrogen) atoms. The van der Waals surface area contributed by atoms with Crippen molar-refractivity contribution in [2.45, 2.75) is 52.2 Å². The van der Waals surface area contributed by atoms with Crippen molar-refractivity contribution in [1.29, 1.82) is 0 Å². The van der Waals surface area contributed by atoms with E-state index in [9.17, 15) is 9.18 Å². The van der Waals surface area contributed by atoms with Gasteiger partial charge >= 0.3 is 6.09 Å². The summed E-state index contributed by atoms with van der Waals surface area (Å²) in [5.41, 5.74) is -0.0103. The van der Waals surface area contributed by atoms with Crippen molar-refractivity contribution in [2.24, 2.45) is 4.99 Å². The van der Waals surface area contributed by atoms with E-state index in [-0.39, 0.29) is 5.82 Å². The van der Waals surface area contributed by atoms with Crippen LogP contribution < -0.4 is 16.0 Å². The Morgan fingerprint density at radius 3 is 2.27 bits per heavy atom. The minimum atomic E-state index is -0.536. The predicted molar refractivity (Wildman–Crippen MR) is 103 cm³/mol. The molecule has 1 rings (SSSR count). The predicted octanol–water partition coefficient (Wildman–Crippen LogP) is 2.84. The molecule has 3 N–H and O–H groups in total. The fraction of sp³-hybridized carbons (Fsp3) is 0.579. The highest BCUT2D eigenvalue weighted by Crippen LogP contribution is 2.09. The minimum Gasteiger partial charge on any atom is -0.444 e. The molecule has 0 spiro atoms. The number of alkyl carbamates (subject to hydrolysis) is 1. The first-order valence-electron chi connectivity index (χ1n) is 8.71. The van der Waals surface area contributed by atoms with Gasteiger partial charge in [-0.05, 0) is 58.7 Å². The minimum absolute atomic E-state index is 0.237. The molecule has 6 nitrogen and oxygen atoms in total. The van der Waals surface area contributed by atoms with Crippen LogP contribution in [0.5, 0.6) is 0 Å². The molecule has 0 bridgehead atoms. The normalized spacial score (nSPS) is 12.5. The summed E-state index contributed by atoms with van der Waals surface area (Å²) >= 11 is 0. The van der Waals surface area contributed by atoms with Crippen LogP contribution in [-0.4, -0.2) is 43.3 Å². The second kappa shape index (κ2) is 9.40. The third kappa shape index (κ3) is 9.25. The molecule has 7 heteroatoms. The number of halogens is 1. The molecule has 0 atom stereocenters. The number of rotatable bonds is 6. The fourth-order valence-electron chi connectivity index (χ4n) is 2.13. The van der Waals surface area contributed by atoms with Crippen LogP contribution in [-0.2, 0) is 11.2 Å². The summed E-state index contributed by atoms with van der Waals surface area (Å²) in [5.74, 6) is 0.394. The summed E-state index contributed by atoms with van der Waals surface area (Å²) in [7, 11) is 1.68. The molecule has 0 fully saturated rings. The Bertz CT molecular complexity index is 607. The first kappa shape index (κ1) is 21.7. The van der Waals surface area contributed by atoms with Crippen molar-refractivity contribution in [3.63, 3.8) is 0 Å². The van der Waals surface area contributed by atoms with Gasteiger partial charge in [0.25, 0.3) is 0 Å². The smallest absolute Gasteiger partial charge is 0.408 e. The number of hydrogen-bond acceptors (Lipinski definition) is 3. The number of nitrogens with zero attached hydrogens (tertiary/aromatic N) is 1. The Labute approximate surface area is 155 Å². The first-order valence-corrected chi connectivity index (χ1v) is 8.71. The van der Waals surface area contributed by atoms with Crippen LogP contribution >= 0.6 is 0 Å². The van der Waals surface area contributed by atoms with Crippen molar-refractivity contribution >= 4 is 12.1 Å². The van der Waals surface area contributed by atoms with Gasteiger partial charge in [0.05, 0.1) is 5.54 Å². The molecular formula is C19H31FN4O2. The Hall–Kier alpha value is -2.31. The quantitative estimate of drug-likeness (QED) is 0.535. The monoisotopic (exact) mass is 366 g/mol. The number of aliphatic imine (C=N–C) groups is 1. The molecule has 0 unspecified atom stereocenters. The number of carbonyl (C=O) groups is 1. The van der Waals surface area contributed by atoms with E-state index in [4.69, 9.17) is 4.74 Å². The summed E-state index contributed by atoms with van der Waals surface area (Å²) < 4.78 is 18.2. The molecule has 1 aromatic carbocycles. The molecule has 1 amide bonds. The summed E-state index contributed by atoms with van der Waals surface area (Å²) in [5, 5.41) is 9.22. The van der Waals surface area contributed by atoms with Crippen molar-refractivity contribution < 1.29 is 13.9 Å².